The minimum absolute atomic E-state index is 0.0638. The summed E-state index contributed by atoms with van der Waals surface area (Å²) in [6, 6.07) is -0.857. The van der Waals surface area contributed by atoms with Gasteiger partial charge in [0.15, 0.2) is 0 Å². The minimum Gasteiger partial charge on any atom is -0.368 e. The van der Waals surface area contributed by atoms with E-state index in [1.54, 1.807) is 0 Å². The van der Waals surface area contributed by atoms with Crippen molar-refractivity contribution in [3.63, 3.8) is 0 Å². The molecule has 1 atom stereocenters. The van der Waals surface area contributed by atoms with E-state index in [4.69, 9.17) is 5.73 Å². The minimum atomic E-state index is -4.31. The molecular weight excluding hydrogens is 233 g/mol. The molecule has 3 nitrogen and oxygen atoms in total. The van der Waals surface area contributed by atoms with Crippen LogP contribution in [0.1, 0.15) is 32.6 Å². The van der Waals surface area contributed by atoms with Crippen LogP contribution in [-0.4, -0.2) is 24.7 Å². The molecular formula is C11H19F3N2O. The Morgan fingerprint density at radius 2 is 1.88 bits per heavy atom. The average molecular weight is 252 g/mol. The molecule has 0 heterocycles. The van der Waals surface area contributed by atoms with Crippen molar-refractivity contribution in [3.05, 3.63) is 0 Å². The Balaban J connectivity index is 2.51. The zero-order chi connectivity index (χ0) is 13.1. The molecule has 0 bridgehead atoms. The number of hydrogen-bond acceptors (Lipinski definition) is 2. The van der Waals surface area contributed by atoms with E-state index in [0.717, 1.165) is 25.7 Å². The number of alkyl halides is 3. The second kappa shape index (κ2) is 5.71. The Hall–Kier alpha value is -0.780. The number of nitrogens with two attached hydrogens (primary N) is 1. The lowest BCUT2D eigenvalue weighted by Crippen LogP contribution is -2.50. The summed E-state index contributed by atoms with van der Waals surface area (Å²) < 4.78 is 36.3. The highest BCUT2D eigenvalue weighted by Crippen LogP contribution is 2.30. The lowest BCUT2D eigenvalue weighted by Gasteiger charge is -2.31. The van der Waals surface area contributed by atoms with Gasteiger partial charge in [-0.1, -0.05) is 19.8 Å². The molecule has 17 heavy (non-hydrogen) atoms. The van der Waals surface area contributed by atoms with Gasteiger partial charge in [-0.15, -0.1) is 0 Å². The van der Waals surface area contributed by atoms with Crippen LogP contribution in [0.5, 0.6) is 0 Å². The zero-order valence-electron chi connectivity index (χ0n) is 9.89. The summed E-state index contributed by atoms with van der Waals surface area (Å²) in [4.78, 5) is 11.2. The number of primary amides is 1. The number of amides is 1. The fourth-order valence-corrected chi connectivity index (χ4v) is 2.34. The summed E-state index contributed by atoms with van der Waals surface area (Å²) in [5, 5.41) is 2.24. The van der Waals surface area contributed by atoms with Gasteiger partial charge in [0.1, 0.15) is 0 Å². The standard InChI is InChI=1S/C11H19F3N2O/c1-7-2-4-8(5-3-7)9(10(15)17)16-6-11(12,13)14/h7-9,16H,2-6H2,1H3,(H2,15,17). The van der Waals surface area contributed by atoms with Crippen molar-refractivity contribution < 1.29 is 18.0 Å². The van der Waals surface area contributed by atoms with E-state index in [1.807, 2.05) is 0 Å². The van der Waals surface area contributed by atoms with Crippen LogP contribution >= 0.6 is 0 Å². The predicted octanol–water partition coefficient (Wildman–Crippen LogP) is 1.82. The SMILES string of the molecule is CC1CCC(C(NCC(F)(F)F)C(N)=O)CC1. The van der Waals surface area contributed by atoms with Crippen LogP contribution in [0.4, 0.5) is 13.2 Å². The Morgan fingerprint density at radius 1 is 1.35 bits per heavy atom. The van der Waals surface area contributed by atoms with E-state index in [0.29, 0.717) is 5.92 Å². The van der Waals surface area contributed by atoms with Crippen LogP contribution in [0.3, 0.4) is 0 Å². The number of hydrogen-bond donors (Lipinski definition) is 2. The molecule has 0 aromatic carbocycles. The second-order valence-corrected chi connectivity index (χ2v) is 4.90. The molecule has 0 radical (unpaired) electrons. The van der Waals surface area contributed by atoms with Crippen molar-refractivity contribution in [3.8, 4) is 0 Å². The van der Waals surface area contributed by atoms with E-state index >= 15 is 0 Å². The summed E-state index contributed by atoms with van der Waals surface area (Å²) in [7, 11) is 0. The lowest BCUT2D eigenvalue weighted by atomic mass is 9.79. The fraction of sp³-hybridized carbons (Fsp3) is 0.909. The van der Waals surface area contributed by atoms with Gasteiger partial charge in [-0.3, -0.25) is 10.1 Å². The van der Waals surface area contributed by atoms with Crippen molar-refractivity contribution in [2.24, 2.45) is 17.6 Å². The van der Waals surface area contributed by atoms with E-state index in [9.17, 15) is 18.0 Å². The van der Waals surface area contributed by atoms with Crippen molar-refractivity contribution in [2.75, 3.05) is 6.54 Å². The van der Waals surface area contributed by atoms with Gasteiger partial charge in [-0.05, 0) is 24.7 Å². The maximum Gasteiger partial charge on any atom is 0.401 e. The van der Waals surface area contributed by atoms with Gasteiger partial charge in [0, 0.05) is 0 Å². The second-order valence-electron chi connectivity index (χ2n) is 4.90. The van der Waals surface area contributed by atoms with Crippen LogP contribution < -0.4 is 11.1 Å². The van der Waals surface area contributed by atoms with Gasteiger partial charge in [0.2, 0.25) is 5.91 Å². The van der Waals surface area contributed by atoms with Crippen LogP contribution in [0.25, 0.3) is 0 Å². The molecule has 0 saturated heterocycles. The molecule has 1 saturated carbocycles. The molecule has 0 aromatic rings. The van der Waals surface area contributed by atoms with E-state index in [2.05, 4.69) is 12.2 Å². The molecule has 1 rings (SSSR count). The van der Waals surface area contributed by atoms with Gasteiger partial charge < -0.3 is 5.73 Å². The van der Waals surface area contributed by atoms with Crippen LogP contribution in [-0.2, 0) is 4.79 Å². The number of rotatable bonds is 4. The Labute approximate surface area is 98.9 Å². The molecule has 1 fully saturated rings. The van der Waals surface area contributed by atoms with Crippen LogP contribution in [0, 0.1) is 11.8 Å². The largest absolute Gasteiger partial charge is 0.401 e. The first kappa shape index (κ1) is 14.3. The smallest absolute Gasteiger partial charge is 0.368 e. The molecule has 1 amide bonds. The highest BCUT2D eigenvalue weighted by Gasteiger charge is 2.34. The third-order valence-electron chi connectivity index (χ3n) is 3.36. The van der Waals surface area contributed by atoms with E-state index in [-0.39, 0.29) is 5.92 Å². The number of nitrogens with one attached hydrogen (secondary N) is 1. The van der Waals surface area contributed by atoms with Crippen molar-refractivity contribution in [2.45, 2.75) is 44.8 Å². The average Bonchev–Trinajstić information content (AvgIpc) is 2.18. The lowest BCUT2D eigenvalue weighted by molar-refractivity contribution is -0.132. The topological polar surface area (TPSA) is 55.1 Å². The molecule has 100 valence electrons. The number of carbonyl (C=O) groups excluding carboxylic acids is 1. The zero-order valence-corrected chi connectivity index (χ0v) is 9.89. The maximum absolute atomic E-state index is 12.1. The third kappa shape index (κ3) is 4.93. The van der Waals surface area contributed by atoms with Crippen molar-refractivity contribution >= 4 is 5.91 Å². The molecule has 1 aliphatic rings. The Kier molecular flexibility index (Phi) is 4.80. The van der Waals surface area contributed by atoms with Crippen LogP contribution in [0.15, 0.2) is 0 Å². The first-order chi connectivity index (χ1) is 7.79. The Bertz CT molecular complexity index is 260. The molecule has 0 aromatic heterocycles. The van der Waals surface area contributed by atoms with E-state index in [1.165, 1.54) is 0 Å². The Morgan fingerprint density at radius 3 is 2.29 bits per heavy atom. The highest BCUT2D eigenvalue weighted by atomic mass is 19.4. The summed E-state index contributed by atoms with van der Waals surface area (Å²) >= 11 is 0. The summed E-state index contributed by atoms with van der Waals surface area (Å²) in [5.74, 6) is -0.165. The quantitative estimate of drug-likeness (QED) is 0.801. The maximum atomic E-state index is 12.1. The molecule has 0 aliphatic heterocycles. The first-order valence-corrected chi connectivity index (χ1v) is 5.89. The fourth-order valence-electron chi connectivity index (χ4n) is 2.34. The summed E-state index contributed by atoms with van der Waals surface area (Å²) in [5.41, 5.74) is 5.16. The molecule has 1 unspecified atom stereocenters. The molecule has 6 heteroatoms. The first-order valence-electron chi connectivity index (χ1n) is 5.89. The van der Waals surface area contributed by atoms with Crippen molar-refractivity contribution in [1.29, 1.82) is 0 Å². The third-order valence-corrected chi connectivity index (χ3v) is 3.36. The highest BCUT2D eigenvalue weighted by molar-refractivity contribution is 5.80. The molecule has 1 aliphatic carbocycles. The monoisotopic (exact) mass is 252 g/mol. The summed E-state index contributed by atoms with van der Waals surface area (Å²) in [6.45, 7) is 0.950. The molecule has 0 spiro atoms. The number of halogens is 3. The number of carbonyl (C=O) groups is 1. The van der Waals surface area contributed by atoms with Gasteiger partial charge in [-0.2, -0.15) is 13.2 Å². The van der Waals surface area contributed by atoms with Gasteiger partial charge in [-0.25, -0.2) is 0 Å². The van der Waals surface area contributed by atoms with Crippen molar-refractivity contribution in [1.82, 2.24) is 5.32 Å². The van der Waals surface area contributed by atoms with Crippen LogP contribution in [0.2, 0.25) is 0 Å². The van der Waals surface area contributed by atoms with Gasteiger partial charge >= 0.3 is 6.18 Å². The normalized spacial score (nSPS) is 27.8. The van der Waals surface area contributed by atoms with Gasteiger partial charge in [0.05, 0.1) is 12.6 Å². The molecule has 3 N–H and O–H groups in total. The predicted molar refractivity (Wildman–Crippen MR) is 58.2 cm³/mol. The summed E-state index contributed by atoms with van der Waals surface area (Å²) in [6.07, 6.45) is -0.890. The van der Waals surface area contributed by atoms with Gasteiger partial charge in [0.25, 0.3) is 0 Å². The van der Waals surface area contributed by atoms with E-state index < -0.39 is 24.7 Å².